The molecule has 2 aromatic carbocycles. The van der Waals surface area contributed by atoms with Gasteiger partial charge in [0.1, 0.15) is 12.3 Å². The Bertz CT molecular complexity index is 1920. The fourth-order valence-electron chi connectivity index (χ4n) is 5.84. The average Bonchev–Trinajstić information content (AvgIpc) is 3.72. The van der Waals surface area contributed by atoms with Crippen molar-refractivity contribution in [3.05, 3.63) is 96.8 Å². The third kappa shape index (κ3) is 5.43. The van der Waals surface area contributed by atoms with Gasteiger partial charge in [-0.05, 0) is 63.5 Å². The Balaban J connectivity index is 1.47. The molecule has 1 fully saturated rings. The number of allylic oxidation sites excluding steroid dienone is 1. The molecule has 1 atom stereocenters. The summed E-state index contributed by atoms with van der Waals surface area (Å²) in [5, 5.41) is 0.951. The molecule has 6 rings (SSSR count). The number of amides is 1. The predicted octanol–water partition coefficient (Wildman–Crippen LogP) is 3.77. The first kappa shape index (κ1) is 28.7. The van der Waals surface area contributed by atoms with E-state index in [2.05, 4.69) is 0 Å². The lowest BCUT2D eigenvalue weighted by atomic mass is 9.96. The van der Waals surface area contributed by atoms with Gasteiger partial charge in [0.05, 0.1) is 35.1 Å². The van der Waals surface area contributed by atoms with Crippen LogP contribution in [0.4, 0.5) is 0 Å². The first-order valence-corrected chi connectivity index (χ1v) is 15.3. The number of likely N-dealkylation sites (tertiary alicyclic amines) is 1. The summed E-state index contributed by atoms with van der Waals surface area (Å²) in [6.07, 6.45) is 5.55. The number of carbonyl (C=O) groups excluding carboxylic acids is 2. The minimum absolute atomic E-state index is 0.0972. The molecule has 0 saturated carbocycles. The maximum atomic E-state index is 14.1. The van der Waals surface area contributed by atoms with Gasteiger partial charge in [-0.25, -0.2) is 9.79 Å². The number of ether oxygens (including phenoxy) is 2. The molecule has 2 aliphatic heterocycles. The fourth-order valence-corrected chi connectivity index (χ4v) is 6.87. The second-order valence-corrected chi connectivity index (χ2v) is 12.1. The summed E-state index contributed by atoms with van der Waals surface area (Å²) in [4.78, 5) is 47.6. The van der Waals surface area contributed by atoms with Gasteiger partial charge < -0.3 is 18.9 Å². The second kappa shape index (κ2) is 11.7. The van der Waals surface area contributed by atoms with Gasteiger partial charge in [0.25, 0.3) is 5.56 Å². The van der Waals surface area contributed by atoms with Crippen molar-refractivity contribution in [1.82, 2.24) is 14.0 Å². The Morgan fingerprint density at radius 1 is 1.09 bits per heavy atom. The molecule has 0 spiro atoms. The molecular formula is C33H34N4O5S. The van der Waals surface area contributed by atoms with E-state index in [1.165, 1.54) is 11.3 Å². The maximum Gasteiger partial charge on any atom is 0.338 e. The van der Waals surface area contributed by atoms with Crippen LogP contribution < -0.4 is 19.6 Å². The van der Waals surface area contributed by atoms with Crippen LogP contribution in [0.1, 0.15) is 50.8 Å². The number of rotatable bonds is 7. The van der Waals surface area contributed by atoms with Crippen LogP contribution in [0.3, 0.4) is 0 Å². The van der Waals surface area contributed by atoms with Crippen molar-refractivity contribution in [3.8, 4) is 5.75 Å². The third-order valence-corrected chi connectivity index (χ3v) is 8.87. The molecule has 9 nitrogen and oxygen atoms in total. The Labute approximate surface area is 253 Å². The first-order valence-electron chi connectivity index (χ1n) is 14.5. The second-order valence-electron chi connectivity index (χ2n) is 11.1. The van der Waals surface area contributed by atoms with E-state index in [4.69, 9.17) is 14.5 Å². The highest BCUT2D eigenvalue weighted by Gasteiger charge is 2.34. The minimum atomic E-state index is -0.713. The van der Waals surface area contributed by atoms with Gasteiger partial charge in [0, 0.05) is 35.8 Å². The largest absolute Gasteiger partial charge is 0.497 e. The highest BCUT2D eigenvalue weighted by molar-refractivity contribution is 7.07. The summed E-state index contributed by atoms with van der Waals surface area (Å²) in [7, 11) is 1.59. The topological polar surface area (TPSA) is 95.1 Å². The molecule has 1 saturated heterocycles. The fraction of sp³-hybridized carbons (Fsp3) is 0.333. The smallest absolute Gasteiger partial charge is 0.338 e. The van der Waals surface area contributed by atoms with Crippen LogP contribution in [0.5, 0.6) is 5.75 Å². The van der Waals surface area contributed by atoms with Crippen molar-refractivity contribution in [2.24, 2.45) is 4.99 Å². The lowest BCUT2D eigenvalue weighted by molar-refractivity contribution is -0.143. The highest BCUT2D eigenvalue weighted by atomic mass is 32.1. The molecule has 4 heterocycles. The number of nitrogens with zero attached hydrogens (tertiary/aromatic N) is 4. The Morgan fingerprint density at radius 2 is 1.81 bits per heavy atom. The molecule has 0 aliphatic carbocycles. The number of hydrogen-bond acceptors (Lipinski definition) is 7. The molecule has 0 N–H and O–H groups in total. The van der Waals surface area contributed by atoms with Gasteiger partial charge >= 0.3 is 5.97 Å². The molecule has 0 bridgehead atoms. The summed E-state index contributed by atoms with van der Waals surface area (Å²) in [6.45, 7) is 7.20. The van der Waals surface area contributed by atoms with Gasteiger partial charge in [-0.15, -0.1) is 0 Å². The average molecular weight is 599 g/mol. The van der Waals surface area contributed by atoms with Crippen molar-refractivity contribution >= 4 is 40.2 Å². The third-order valence-electron chi connectivity index (χ3n) is 7.89. The van der Waals surface area contributed by atoms with Crippen LogP contribution in [-0.2, 0) is 20.9 Å². The highest BCUT2D eigenvalue weighted by Crippen LogP contribution is 2.32. The maximum absolute atomic E-state index is 14.1. The van der Waals surface area contributed by atoms with Crippen molar-refractivity contribution in [3.63, 3.8) is 0 Å². The molecule has 0 radical (unpaired) electrons. The van der Waals surface area contributed by atoms with Crippen LogP contribution in [0.15, 0.2) is 75.8 Å². The molecule has 1 amide bonds. The van der Waals surface area contributed by atoms with E-state index < -0.39 is 12.0 Å². The van der Waals surface area contributed by atoms with E-state index in [1.54, 1.807) is 32.4 Å². The van der Waals surface area contributed by atoms with Crippen LogP contribution in [-0.4, -0.2) is 52.2 Å². The van der Waals surface area contributed by atoms with E-state index in [9.17, 15) is 14.4 Å². The Morgan fingerprint density at radius 3 is 2.51 bits per heavy atom. The van der Waals surface area contributed by atoms with E-state index in [0.717, 1.165) is 48.0 Å². The molecule has 2 aromatic heterocycles. The number of para-hydroxylation sites is 1. The van der Waals surface area contributed by atoms with Crippen molar-refractivity contribution in [2.45, 2.75) is 52.3 Å². The number of esters is 1. The van der Waals surface area contributed by atoms with Gasteiger partial charge in [0.15, 0.2) is 4.80 Å². The van der Waals surface area contributed by atoms with Gasteiger partial charge in [0.2, 0.25) is 5.91 Å². The molecule has 0 unspecified atom stereocenters. The molecule has 4 aromatic rings. The van der Waals surface area contributed by atoms with Crippen LogP contribution in [0, 0.1) is 0 Å². The van der Waals surface area contributed by atoms with Crippen molar-refractivity contribution in [1.29, 1.82) is 0 Å². The lowest BCUT2D eigenvalue weighted by Gasteiger charge is -2.25. The first-order chi connectivity index (χ1) is 20.7. The predicted molar refractivity (Wildman–Crippen MR) is 166 cm³/mol. The number of methoxy groups -OCH3 is 1. The Kier molecular flexibility index (Phi) is 7.79. The molecular weight excluding hydrogens is 564 g/mol. The van der Waals surface area contributed by atoms with Crippen LogP contribution >= 0.6 is 11.3 Å². The summed E-state index contributed by atoms with van der Waals surface area (Å²) in [6, 6.07) is 14.5. The van der Waals surface area contributed by atoms with E-state index in [1.807, 2.05) is 70.3 Å². The van der Waals surface area contributed by atoms with Gasteiger partial charge in [-0.3, -0.25) is 14.2 Å². The monoisotopic (exact) mass is 598 g/mol. The lowest BCUT2D eigenvalue weighted by Crippen LogP contribution is -2.40. The van der Waals surface area contributed by atoms with Crippen LogP contribution in [0.25, 0.3) is 17.0 Å². The summed E-state index contributed by atoms with van der Waals surface area (Å²) < 4.78 is 15.0. The number of hydrogen-bond donors (Lipinski definition) is 0. The Hall–Kier alpha value is -4.44. The summed E-state index contributed by atoms with van der Waals surface area (Å²) >= 11 is 1.28. The molecule has 222 valence electrons. The standard InChI is InChI=1S/C33H34N4O5S/c1-20(2)42-32(40)29-21(3)34-33-37(30(29)22-11-13-24(41-4)14-12-22)31(39)27(43-33)17-23-18-36(26-10-6-5-9-25(23)26)19-28(38)35-15-7-8-16-35/h5-6,9-14,17-18,20,30H,7-8,15-16,19H2,1-4H3/b27-17+/t30-/m0/s1. The van der Waals surface area contributed by atoms with Crippen LogP contribution in [0.2, 0.25) is 0 Å². The number of fused-ring (bicyclic) bond motifs is 2. The van der Waals surface area contributed by atoms with Crippen molar-refractivity contribution in [2.75, 3.05) is 20.2 Å². The summed E-state index contributed by atoms with van der Waals surface area (Å²) in [5.74, 6) is 0.264. The zero-order chi connectivity index (χ0) is 30.2. The van der Waals surface area contributed by atoms with E-state index >= 15 is 0 Å². The number of carbonyl (C=O) groups is 2. The zero-order valence-electron chi connectivity index (χ0n) is 24.7. The minimum Gasteiger partial charge on any atom is -0.497 e. The van der Waals surface area contributed by atoms with Gasteiger partial charge in [-0.1, -0.05) is 41.7 Å². The van der Waals surface area contributed by atoms with Crippen molar-refractivity contribution < 1.29 is 19.1 Å². The van der Waals surface area contributed by atoms with E-state index in [0.29, 0.717) is 26.4 Å². The number of aromatic nitrogens is 2. The zero-order valence-corrected chi connectivity index (χ0v) is 25.5. The normalized spacial score (nSPS) is 17.0. The van der Waals surface area contributed by atoms with Gasteiger partial charge in [-0.2, -0.15) is 0 Å². The number of benzene rings is 2. The number of thiazole rings is 1. The SMILES string of the molecule is COc1ccc([C@H]2C(C(=O)OC(C)C)=C(C)N=c3s/c(=C/c4cn(CC(=O)N5CCCC5)c5ccccc45)c(=O)n32)cc1. The molecule has 2 aliphatic rings. The summed E-state index contributed by atoms with van der Waals surface area (Å²) in [5.41, 5.74) is 3.10. The quantitative estimate of drug-likeness (QED) is 0.302. The molecule has 10 heteroatoms. The van der Waals surface area contributed by atoms with E-state index in [-0.39, 0.29) is 24.1 Å². The molecule has 43 heavy (non-hydrogen) atoms.